The van der Waals surface area contributed by atoms with Crippen molar-refractivity contribution in [3.63, 3.8) is 0 Å². The van der Waals surface area contributed by atoms with Gasteiger partial charge in [0.15, 0.2) is 14.8 Å². The van der Waals surface area contributed by atoms with Gasteiger partial charge >= 0.3 is 0 Å². The fraction of sp³-hybridized carbons (Fsp3) is 0.154. The highest BCUT2D eigenvalue weighted by Gasteiger charge is 2.23. The molecule has 0 bridgehead atoms. The third kappa shape index (κ3) is 5.91. The Morgan fingerprint density at radius 3 is 1.17 bits per heavy atom. The second-order valence-electron chi connectivity index (χ2n) is 8.11. The third-order valence-corrected chi connectivity index (χ3v) is 9.36. The largest absolute Gasteiger partial charge is 0.182 e. The van der Waals surface area contributed by atoms with Crippen LogP contribution in [0.2, 0.25) is 26.2 Å². The zero-order valence-corrected chi connectivity index (χ0v) is 21.2. The summed E-state index contributed by atoms with van der Waals surface area (Å²) < 4.78 is 0. The minimum atomic E-state index is -1.94. The van der Waals surface area contributed by atoms with E-state index < -0.39 is 14.8 Å². The summed E-state index contributed by atoms with van der Waals surface area (Å²) in [5, 5.41) is 2.34. The van der Waals surface area contributed by atoms with Crippen LogP contribution in [0.3, 0.4) is 0 Å². The maximum Gasteiger partial charge on any atom is 0.182 e. The predicted molar refractivity (Wildman–Crippen MR) is 137 cm³/mol. The molecule has 3 aromatic rings. The molecule has 0 aliphatic rings. The van der Waals surface area contributed by atoms with Crippen molar-refractivity contribution in [3.05, 3.63) is 95.1 Å². The van der Waals surface area contributed by atoms with Crippen molar-refractivity contribution >= 4 is 47.3 Å². The van der Waals surface area contributed by atoms with Gasteiger partial charge in [0.25, 0.3) is 0 Å². The molecule has 0 unspecified atom stereocenters. The molecule has 0 saturated heterocycles. The van der Waals surface area contributed by atoms with Crippen LogP contribution in [-0.4, -0.2) is 14.8 Å². The van der Waals surface area contributed by atoms with Gasteiger partial charge in [-0.3, -0.25) is 0 Å². The Balaban J connectivity index is 1.83. The summed E-state index contributed by atoms with van der Waals surface area (Å²) in [6.45, 7) is 8.48. The summed E-state index contributed by atoms with van der Waals surface area (Å²) in [5.41, 5.74) is 3.94. The number of halogens is 2. The van der Waals surface area contributed by atoms with Gasteiger partial charge in [-0.1, -0.05) is 86.3 Å². The molecule has 0 radical (unpaired) electrons. The van der Waals surface area contributed by atoms with Gasteiger partial charge in [0.05, 0.1) is 0 Å². The van der Waals surface area contributed by atoms with Crippen LogP contribution in [0.1, 0.15) is 22.3 Å². The highest BCUT2D eigenvalue weighted by atomic mass is 35.6. The van der Waals surface area contributed by atoms with Crippen LogP contribution in [0.4, 0.5) is 0 Å². The number of benzene rings is 3. The van der Waals surface area contributed by atoms with E-state index in [1.54, 1.807) is 0 Å². The number of rotatable bonds is 2. The van der Waals surface area contributed by atoms with Crippen molar-refractivity contribution in [1.82, 2.24) is 0 Å². The van der Waals surface area contributed by atoms with Gasteiger partial charge in [-0.05, 0) is 46.8 Å². The lowest BCUT2D eigenvalue weighted by Gasteiger charge is -2.15. The molecule has 0 nitrogen and oxygen atoms in total. The maximum atomic E-state index is 6.64. The lowest BCUT2D eigenvalue weighted by Crippen LogP contribution is -2.37. The zero-order valence-electron chi connectivity index (χ0n) is 17.7. The Morgan fingerprint density at radius 2 is 0.833 bits per heavy atom. The molecule has 0 aromatic heterocycles. The molecule has 30 heavy (non-hydrogen) atoms. The average molecular weight is 464 g/mol. The van der Waals surface area contributed by atoms with Crippen molar-refractivity contribution in [2.45, 2.75) is 26.2 Å². The summed E-state index contributed by atoms with van der Waals surface area (Å²) in [5.74, 6) is 13.1. The minimum absolute atomic E-state index is 0.957. The first-order chi connectivity index (χ1) is 14.1. The lowest BCUT2D eigenvalue weighted by atomic mass is 10.1. The second kappa shape index (κ2) is 9.29. The van der Waals surface area contributed by atoms with E-state index >= 15 is 0 Å². The molecule has 0 spiro atoms. The quantitative estimate of drug-likeness (QED) is 0.256. The predicted octanol–water partition coefficient (Wildman–Crippen LogP) is 5.79. The van der Waals surface area contributed by atoms with Crippen LogP contribution in [-0.2, 0) is 0 Å². The van der Waals surface area contributed by atoms with Gasteiger partial charge in [0.2, 0.25) is 0 Å². The second-order valence-corrected chi connectivity index (χ2v) is 20.8. The fourth-order valence-corrected chi connectivity index (χ4v) is 6.68. The zero-order chi connectivity index (χ0) is 21.8. The fourth-order valence-electron chi connectivity index (χ4n) is 3.14. The molecule has 0 N–H and O–H groups in total. The SMILES string of the molecule is C[Si](C)(Cl)c1ccccc1C#Cc1ccc(C#Cc2ccccc2[Si](C)(C)Cl)cc1. The van der Waals surface area contributed by atoms with E-state index in [0.29, 0.717) is 0 Å². The summed E-state index contributed by atoms with van der Waals surface area (Å²) in [6, 6.07) is 24.4. The van der Waals surface area contributed by atoms with Crippen LogP contribution >= 0.6 is 22.2 Å². The average Bonchev–Trinajstić information content (AvgIpc) is 2.70. The van der Waals surface area contributed by atoms with E-state index in [4.69, 9.17) is 22.2 Å². The molecular formula is C26H24Cl2Si2. The van der Waals surface area contributed by atoms with Crippen LogP contribution in [0.15, 0.2) is 72.8 Å². The molecule has 150 valence electrons. The Bertz CT molecular complexity index is 1070. The lowest BCUT2D eigenvalue weighted by molar-refractivity contribution is 1.59. The molecule has 4 heteroatoms. The molecular weight excluding hydrogens is 439 g/mol. The minimum Gasteiger partial charge on any atom is -0.161 e. The standard InChI is InChI=1S/C26H24Cl2Si2/c1-29(2,27)25-11-7-5-9-23(25)19-17-21-13-15-22(16-14-21)18-20-24-10-6-8-12-26(24)30(3,4)28/h5-16H,1-4H3. The molecule has 0 atom stereocenters. The highest BCUT2D eigenvalue weighted by Crippen LogP contribution is 2.12. The van der Waals surface area contributed by atoms with Gasteiger partial charge in [0.1, 0.15) is 0 Å². The maximum absolute atomic E-state index is 6.64. The van der Waals surface area contributed by atoms with Gasteiger partial charge < -0.3 is 0 Å². The Hall–Kier alpha value is -2.21. The summed E-state index contributed by atoms with van der Waals surface area (Å²) >= 11 is 13.3. The van der Waals surface area contributed by atoms with Crippen molar-refractivity contribution in [2.75, 3.05) is 0 Å². The molecule has 0 heterocycles. The number of hydrogen-bond donors (Lipinski definition) is 0. The van der Waals surface area contributed by atoms with Crippen molar-refractivity contribution in [3.8, 4) is 23.7 Å². The number of hydrogen-bond acceptors (Lipinski definition) is 0. The van der Waals surface area contributed by atoms with E-state index in [2.05, 4.69) is 62.0 Å². The normalized spacial score (nSPS) is 11.1. The highest BCUT2D eigenvalue weighted by molar-refractivity contribution is 7.26. The Morgan fingerprint density at radius 1 is 0.500 bits per heavy atom. The summed E-state index contributed by atoms with van der Waals surface area (Å²) in [4.78, 5) is 0. The van der Waals surface area contributed by atoms with Crippen LogP contribution in [0.25, 0.3) is 0 Å². The summed E-state index contributed by atoms with van der Waals surface area (Å²) in [6.07, 6.45) is 0. The molecule has 0 aliphatic carbocycles. The monoisotopic (exact) mass is 462 g/mol. The first kappa shape index (κ1) is 22.5. The Labute approximate surface area is 191 Å². The van der Waals surface area contributed by atoms with E-state index in [1.165, 1.54) is 10.4 Å². The van der Waals surface area contributed by atoms with E-state index in [-0.39, 0.29) is 0 Å². The molecule has 0 saturated carbocycles. The first-order valence-electron chi connectivity index (χ1n) is 9.85. The van der Waals surface area contributed by atoms with Gasteiger partial charge in [-0.25, -0.2) is 0 Å². The summed E-state index contributed by atoms with van der Waals surface area (Å²) in [7, 11) is -3.88. The van der Waals surface area contributed by atoms with Crippen molar-refractivity contribution in [2.24, 2.45) is 0 Å². The topological polar surface area (TPSA) is 0 Å². The van der Waals surface area contributed by atoms with E-state index in [1.807, 2.05) is 60.7 Å². The molecule has 3 rings (SSSR count). The van der Waals surface area contributed by atoms with Crippen LogP contribution in [0, 0.1) is 23.7 Å². The molecule has 0 amide bonds. The van der Waals surface area contributed by atoms with Gasteiger partial charge in [-0.15, -0.1) is 0 Å². The van der Waals surface area contributed by atoms with E-state index in [0.717, 1.165) is 22.3 Å². The Kier molecular flexibility index (Phi) is 6.96. The smallest absolute Gasteiger partial charge is 0.161 e. The van der Waals surface area contributed by atoms with Gasteiger partial charge in [0, 0.05) is 22.3 Å². The molecule has 0 fully saturated rings. The molecule has 0 aliphatic heterocycles. The van der Waals surface area contributed by atoms with Crippen LogP contribution < -0.4 is 10.4 Å². The molecule has 3 aromatic carbocycles. The van der Waals surface area contributed by atoms with E-state index in [9.17, 15) is 0 Å². The first-order valence-corrected chi connectivity index (χ1v) is 17.9. The van der Waals surface area contributed by atoms with Gasteiger partial charge in [-0.2, -0.15) is 22.2 Å². The van der Waals surface area contributed by atoms with Crippen LogP contribution in [0.5, 0.6) is 0 Å². The third-order valence-electron chi connectivity index (χ3n) is 4.70. The van der Waals surface area contributed by atoms with Crippen molar-refractivity contribution in [1.29, 1.82) is 0 Å². The van der Waals surface area contributed by atoms with Crippen molar-refractivity contribution < 1.29 is 0 Å².